The number of allylic oxidation sites excluding steroid dienone is 1. The molecule has 15 heavy (non-hydrogen) atoms. The first-order valence-electron chi connectivity index (χ1n) is 5.88. The fourth-order valence-corrected chi connectivity index (χ4v) is 1.91. The van der Waals surface area contributed by atoms with Crippen molar-refractivity contribution in [3.63, 3.8) is 0 Å². The molecule has 1 atom stereocenters. The minimum Gasteiger partial charge on any atom is -0.338 e. The van der Waals surface area contributed by atoms with Crippen molar-refractivity contribution in [1.29, 1.82) is 0 Å². The summed E-state index contributed by atoms with van der Waals surface area (Å²) in [7, 11) is 0. The summed E-state index contributed by atoms with van der Waals surface area (Å²) in [6.45, 7) is 6.77. The van der Waals surface area contributed by atoms with Gasteiger partial charge in [-0.15, -0.1) is 0 Å². The fourth-order valence-electron chi connectivity index (χ4n) is 1.91. The van der Waals surface area contributed by atoms with Gasteiger partial charge in [0.1, 0.15) is 0 Å². The monoisotopic (exact) mass is 210 g/mol. The van der Waals surface area contributed by atoms with Gasteiger partial charge in [0.2, 0.25) is 0 Å². The molecule has 1 aliphatic rings. The molecule has 1 N–H and O–H groups in total. The normalized spacial score (nSPS) is 22.0. The Bertz CT molecular complexity index is 226. The summed E-state index contributed by atoms with van der Waals surface area (Å²) in [5.74, 6) is 0.653. The number of hydrogen-bond acceptors (Lipinski definition) is 1. The average Bonchev–Trinajstić information content (AvgIpc) is 2.24. The first-order chi connectivity index (χ1) is 7.24. The molecule has 2 amide bonds. The van der Waals surface area contributed by atoms with Crippen LogP contribution in [0.5, 0.6) is 0 Å². The molecule has 3 heteroatoms. The number of hydrogen-bond donors (Lipinski definition) is 1. The van der Waals surface area contributed by atoms with Crippen LogP contribution < -0.4 is 5.32 Å². The number of nitrogens with zero attached hydrogens (tertiary/aromatic N) is 1. The minimum absolute atomic E-state index is 0.103. The van der Waals surface area contributed by atoms with Crippen LogP contribution in [-0.2, 0) is 0 Å². The van der Waals surface area contributed by atoms with Crippen molar-refractivity contribution in [1.82, 2.24) is 10.2 Å². The summed E-state index contributed by atoms with van der Waals surface area (Å²) in [5.41, 5.74) is 0. The zero-order chi connectivity index (χ0) is 11.1. The molecule has 0 aromatic carbocycles. The first kappa shape index (κ1) is 12.1. The van der Waals surface area contributed by atoms with Gasteiger partial charge in [-0.25, -0.2) is 4.79 Å². The number of likely N-dealkylation sites (tertiary alicyclic amines) is 1. The second kappa shape index (κ2) is 6.49. The zero-order valence-electron chi connectivity index (χ0n) is 9.83. The lowest BCUT2D eigenvalue weighted by Crippen LogP contribution is -2.45. The second-order valence-corrected chi connectivity index (χ2v) is 4.28. The lowest BCUT2D eigenvalue weighted by molar-refractivity contribution is 0.170. The molecule has 1 aliphatic heterocycles. The molecule has 0 aromatic rings. The summed E-state index contributed by atoms with van der Waals surface area (Å²) < 4.78 is 0. The van der Waals surface area contributed by atoms with E-state index in [0.717, 1.165) is 32.5 Å². The van der Waals surface area contributed by atoms with Crippen molar-refractivity contribution in [3.05, 3.63) is 12.2 Å². The van der Waals surface area contributed by atoms with Crippen LogP contribution in [0.4, 0.5) is 4.79 Å². The Morgan fingerprint density at radius 1 is 1.60 bits per heavy atom. The van der Waals surface area contributed by atoms with Crippen LogP contribution in [0.15, 0.2) is 12.2 Å². The van der Waals surface area contributed by atoms with Gasteiger partial charge in [-0.2, -0.15) is 0 Å². The summed E-state index contributed by atoms with van der Waals surface area (Å²) in [6, 6.07) is 0.103. The van der Waals surface area contributed by atoms with Crippen LogP contribution in [0.25, 0.3) is 0 Å². The fraction of sp³-hybridized carbons (Fsp3) is 0.750. The van der Waals surface area contributed by atoms with Gasteiger partial charge in [0, 0.05) is 19.6 Å². The molecule has 86 valence electrons. The Balaban J connectivity index is 2.21. The smallest absolute Gasteiger partial charge is 0.317 e. The van der Waals surface area contributed by atoms with E-state index >= 15 is 0 Å². The minimum atomic E-state index is 0.103. The standard InChI is InChI=1S/C12H22N2O/c1-3-4-5-8-13-12(15)14-9-6-7-11(2)10-14/h3-4,11H,5-10H2,1-2H3,(H,13,15)/b4-3+. The van der Waals surface area contributed by atoms with Crippen molar-refractivity contribution in [3.8, 4) is 0 Å². The van der Waals surface area contributed by atoms with Gasteiger partial charge in [-0.3, -0.25) is 0 Å². The largest absolute Gasteiger partial charge is 0.338 e. The van der Waals surface area contributed by atoms with E-state index in [9.17, 15) is 4.79 Å². The molecule has 1 saturated heterocycles. The quantitative estimate of drug-likeness (QED) is 0.563. The molecule has 0 bridgehead atoms. The second-order valence-electron chi connectivity index (χ2n) is 4.28. The Morgan fingerprint density at radius 2 is 2.40 bits per heavy atom. The highest BCUT2D eigenvalue weighted by Crippen LogP contribution is 2.14. The van der Waals surface area contributed by atoms with Crippen molar-refractivity contribution < 1.29 is 4.79 Å². The van der Waals surface area contributed by atoms with Crippen LogP contribution in [0.1, 0.15) is 33.1 Å². The maximum absolute atomic E-state index is 11.7. The van der Waals surface area contributed by atoms with Crippen molar-refractivity contribution >= 4 is 6.03 Å². The number of urea groups is 1. The van der Waals surface area contributed by atoms with Crippen LogP contribution in [0, 0.1) is 5.92 Å². The molecular formula is C12H22N2O. The van der Waals surface area contributed by atoms with E-state index in [-0.39, 0.29) is 6.03 Å². The number of carbonyl (C=O) groups is 1. The SMILES string of the molecule is C/C=C/CCNC(=O)N1CCCC(C)C1. The Labute approximate surface area is 92.5 Å². The zero-order valence-corrected chi connectivity index (χ0v) is 9.83. The summed E-state index contributed by atoms with van der Waals surface area (Å²) in [6.07, 6.45) is 7.39. The van der Waals surface area contributed by atoms with Gasteiger partial charge in [0.15, 0.2) is 0 Å². The lowest BCUT2D eigenvalue weighted by atomic mass is 10.0. The molecule has 0 saturated carbocycles. The molecule has 1 fully saturated rings. The van der Waals surface area contributed by atoms with Crippen LogP contribution in [0.2, 0.25) is 0 Å². The highest BCUT2D eigenvalue weighted by atomic mass is 16.2. The van der Waals surface area contributed by atoms with E-state index in [1.807, 2.05) is 17.9 Å². The third kappa shape index (κ3) is 4.36. The first-order valence-corrected chi connectivity index (χ1v) is 5.88. The van der Waals surface area contributed by atoms with Gasteiger partial charge >= 0.3 is 6.03 Å². The van der Waals surface area contributed by atoms with Crippen LogP contribution in [-0.4, -0.2) is 30.6 Å². The Kier molecular flexibility index (Phi) is 5.22. The number of nitrogens with one attached hydrogen (secondary N) is 1. The third-order valence-corrected chi connectivity index (χ3v) is 2.77. The Hall–Kier alpha value is -0.990. The number of piperidine rings is 1. The van der Waals surface area contributed by atoms with Crippen LogP contribution >= 0.6 is 0 Å². The van der Waals surface area contributed by atoms with E-state index < -0.39 is 0 Å². The number of carbonyl (C=O) groups excluding carboxylic acids is 1. The molecule has 3 nitrogen and oxygen atoms in total. The predicted molar refractivity (Wildman–Crippen MR) is 62.8 cm³/mol. The Morgan fingerprint density at radius 3 is 3.07 bits per heavy atom. The number of amides is 2. The van der Waals surface area contributed by atoms with E-state index in [4.69, 9.17) is 0 Å². The molecule has 0 radical (unpaired) electrons. The lowest BCUT2D eigenvalue weighted by Gasteiger charge is -2.30. The molecule has 1 unspecified atom stereocenters. The molecule has 0 aromatic heterocycles. The molecule has 0 spiro atoms. The molecular weight excluding hydrogens is 188 g/mol. The van der Waals surface area contributed by atoms with Crippen molar-refractivity contribution in [2.75, 3.05) is 19.6 Å². The maximum Gasteiger partial charge on any atom is 0.317 e. The highest BCUT2D eigenvalue weighted by Gasteiger charge is 2.19. The van der Waals surface area contributed by atoms with Crippen LogP contribution in [0.3, 0.4) is 0 Å². The van der Waals surface area contributed by atoms with E-state index in [0.29, 0.717) is 5.92 Å². The van der Waals surface area contributed by atoms with Crippen molar-refractivity contribution in [2.45, 2.75) is 33.1 Å². The predicted octanol–water partition coefficient (Wildman–Crippen LogP) is 2.39. The average molecular weight is 210 g/mol. The third-order valence-electron chi connectivity index (χ3n) is 2.77. The van der Waals surface area contributed by atoms with Gasteiger partial charge < -0.3 is 10.2 Å². The summed E-state index contributed by atoms with van der Waals surface area (Å²) >= 11 is 0. The van der Waals surface area contributed by atoms with Crippen molar-refractivity contribution in [2.24, 2.45) is 5.92 Å². The van der Waals surface area contributed by atoms with Gasteiger partial charge in [0.05, 0.1) is 0 Å². The molecule has 1 rings (SSSR count). The van der Waals surface area contributed by atoms with Gasteiger partial charge in [-0.1, -0.05) is 19.1 Å². The molecule has 1 heterocycles. The van der Waals surface area contributed by atoms with Gasteiger partial charge in [-0.05, 0) is 32.1 Å². The van der Waals surface area contributed by atoms with E-state index in [2.05, 4.69) is 18.3 Å². The summed E-state index contributed by atoms with van der Waals surface area (Å²) in [5, 5.41) is 2.94. The summed E-state index contributed by atoms with van der Waals surface area (Å²) in [4.78, 5) is 13.6. The van der Waals surface area contributed by atoms with Gasteiger partial charge in [0.25, 0.3) is 0 Å². The maximum atomic E-state index is 11.7. The topological polar surface area (TPSA) is 32.3 Å². The highest BCUT2D eigenvalue weighted by molar-refractivity contribution is 5.74. The molecule has 0 aliphatic carbocycles. The van der Waals surface area contributed by atoms with E-state index in [1.54, 1.807) is 0 Å². The number of rotatable bonds is 3. The van der Waals surface area contributed by atoms with E-state index in [1.165, 1.54) is 6.42 Å².